The third-order valence-electron chi connectivity index (χ3n) is 1.76. The lowest BCUT2D eigenvalue weighted by Crippen LogP contribution is -2.06. The molecule has 3 heteroatoms. The molecular weight excluding hydrogens is 244 g/mol. The molecule has 0 saturated carbocycles. The Kier molecular flexibility index (Phi) is 4.66. The van der Waals surface area contributed by atoms with E-state index in [4.69, 9.17) is 4.74 Å². The zero-order valence-electron chi connectivity index (χ0n) is 8.13. The number of halogens is 1. The Balaban J connectivity index is 2.52. The van der Waals surface area contributed by atoms with Crippen LogP contribution in [0, 0.1) is 6.92 Å². The van der Waals surface area contributed by atoms with Gasteiger partial charge in [-0.05, 0) is 25.5 Å². The molecule has 0 bridgehead atoms. The molecule has 0 N–H and O–H groups in total. The monoisotopic (exact) mass is 256 g/mol. The van der Waals surface area contributed by atoms with Gasteiger partial charge in [0, 0.05) is 5.33 Å². The zero-order valence-corrected chi connectivity index (χ0v) is 9.71. The lowest BCUT2D eigenvalue weighted by molar-refractivity contribution is 0.0506. The molecule has 0 aliphatic rings. The first-order chi connectivity index (χ1) is 6.74. The van der Waals surface area contributed by atoms with Crippen molar-refractivity contribution in [2.45, 2.75) is 13.3 Å². The van der Waals surface area contributed by atoms with Gasteiger partial charge in [0.1, 0.15) is 0 Å². The SMILES string of the molecule is Cc1cccc(C(=O)OCCCBr)c1. The minimum absolute atomic E-state index is 0.241. The minimum atomic E-state index is -0.241. The molecular formula is C11H13BrO2. The van der Waals surface area contributed by atoms with Crippen LogP contribution in [-0.4, -0.2) is 17.9 Å². The number of alkyl halides is 1. The Morgan fingerprint density at radius 3 is 2.93 bits per heavy atom. The highest BCUT2D eigenvalue weighted by Crippen LogP contribution is 2.05. The van der Waals surface area contributed by atoms with Gasteiger partial charge in [-0.1, -0.05) is 33.6 Å². The Labute approximate surface area is 92.4 Å². The second-order valence-corrected chi connectivity index (χ2v) is 3.84. The van der Waals surface area contributed by atoms with Gasteiger partial charge in [-0.2, -0.15) is 0 Å². The molecule has 1 aromatic rings. The van der Waals surface area contributed by atoms with Gasteiger partial charge in [0.15, 0.2) is 0 Å². The third kappa shape index (κ3) is 3.50. The van der Waals surface area contributed by atoms with Crippen LogP contribution >= 0.6 is 15.9 Å². The molecule has 0 radical (unpaired) electrons. The number of hydrogen-bond acceptors (Lipinski definition) is 2. The summed E-state index contributed by atoms with van der Waals surface area (Å²) in [5.41, 5.74) is 1.69. The van der Waals surface area contributed by atoms with E-state index in [-0.39, 0.29) is 5.97 Å². The van der Waals surface area contributed by atoms with E-state index in [0.717, 1.165) is 17.3 Å². The number of hydrogen-bond donors (Lipinski definition) is 0. The van der Waals surface area contributed by atoms with Crippen molar-refractivity contribution in [1.82, 2.24) is 0 Å². The molecule has 0 saturated heterocycles. The lowest BCUT2D eigenvalue weighted by Gasteiger charge is -2.03. The van der Waals surface area contributed by atoms with Gasteiger partial charge >= 0.3 is 5.97 Å². The van der Waals surface area contributed by atoms with Gasteiger partial charge in [-0.15, -0.1) is 0 Å². The molecule has 1 aromatic carbocycles. The fraction of sp³-hybridized carbons (Fsp3) is 0.364. The van der Waals surface area contributed by atoms with Crippen molar-refractivity contribution in [2.75, 3.05) is 11.9 Å². The largest absolute Gasteiger partial charge is 0.462 e. The maximum absolute atomic E-state index is 11.4. The van der Waals surface area contributed by atoms with Gasteiger partial charge in [-0.25, -0.2) is 4.79 Å². The summed E-state index contributed by atoms with van der Waals surface area (Å²) in [4.78, 5) is 11.4. The van der Waals surface area contributed by atoms with E-state index in [2.05, 4.69) is 15.9 Å². The van der Waals surface area contributed by atoms with Crippen molar-refractivity contribution < 1.29 is 9.53 Å². The summed E-state index contributed by atoms with van der Waals surface area (Å²) in [5.74, 6) is -0.241. The molecule has 0 atom stereocenters. The second-order valence-electron chi connectivity index (χ2n) is 3.05. The normalized spacial score (nSPS) is 9.86. The van der Waals surface area contributed by atoms with Crippen LogP contribution in [0.4, 0.5) is 0 Å². The highest BCUT2D eigenvalue weighted by molar-refractivity contribution is 9.09. The molecule has 2 nitrogen and oxygen atoms in total. The fourth-order valence-corrected chi connectivity index (χ4v) is 1.30. The summed E-state index contributed by atoms with van der Waals surface area (Å²) in [7, 11) is 0. The number of rotatable bonds is 4. The maximum atomic E-state index is 11.4. The molecule has 0 aliphatic carbocycles. The van der Waals surface area contributed by atoms with Crippen LogP contribution in [0.1, 0.15) is 22.3 Å². The smallest absolute Gasteiger partial charge is 0.338 e. The highest BCUT2D eigenvalue weighted by atomic mass is 79.9. The Hall–Kier alpha value is -0.830. The first-order valence-electron chi connectivity index (χ1n) is 4.54. The van der Waals surface area contributed by atoms with Crippen molar-refractivity contribution in [2.24, 2.45) is 0 Å². The van der Waals surface area contributed by atoms with Crippen LogP contribution in [0.5, 0.6) is 0 Å². The van der Waals surface area contributed by atoms with Crippen LogP contribution in [0.25, 0.3) is 0 Å². The second kappa shape index (κ2) is 5.81. The van der Waals surface area contributed by atoms with E-state index >= 15 is 0 Å². The molecule has 1 rings (SSSR count). The molecule has 0 aliphatic heterocycles. The van der Waals surface area contributed by atoms with E-state index in [9.17, 15) is 4.79 Å². The number of carbonyl (C=O) groups is 1. The van der Waals surface area contributed by atoms with Crippen molar-refractivity contribution >= 4 is 21.9 Å². The minimum Gasteiger partial charge on any atom is -0.462 e. The van der Waals surface area contributed by atoms with E-state index in [1.807, 2.05) is 25.1 Å². The zero-order chi connectivity index (χ0) is 10.4. The van der Waals surface area contributed by atoms with Crippen molar-refractivity contribution in [3.63, 3.8) is 0 Å². The molecule has 76 valence electrons. The summed E-state index contributed by atoms with van der Waals surface area (Å²) in [6.45, 7) is 2.42. The molecule has 0 spiro atoms. The van der Waals surface area contributed by atoms with Gasteiger partial charge in [0.05, 0.1) is 12.2 Å². The predicted molar refractivity (Wildman–Crippen MR) is 59.9 cm³/mol. The van der Waals surface area contributed by atoms with Gasteiger partial charge < -0.3 is 4.74 Å². The predicted octanol–water partition coefficient (Wildman–Crippen LogP) is 2.94. The Bertz CT molecular complexity index is 310. The lowest BCUT2D eigenvalue weighted by atomic mass is 10.1. The van der Waals surface area contributed by atoms with Crippen LogP contribution in [-0.2, 0) is 4.74 Å². The summed E-state index contributed by atoms with van der Waals surface area (Å²) in [6, 6.07) is 7.41. The van der Waals surface area contributed by atoms with E-state index < -0.39 is 0 Å². The standard InChI is InChI=1S/C11H13BrO2/c1-9-4-2-5-10(8-9)11(13)14-7-3-6-12/h2,4-5,8H,3,6-7H2,1H3. The van der Waals surface area contributed by atoms with Crippen LogP contribution in [0.3, 0.4) is 0 Å². The van der Waals surface area contributed by atoms with Crippen molar-refractivity contribution in [1.29, 1.82) is 0 Å². The number of aryl methyl sites for hydroxylation is 1. The molecule has 0 fully saturated rings. The third-order valence-corrected chi connectivity index (χ3v) is 2.33. The van der Waals surface area contributed by atoms with Gasteiger partial charge in [-0.3, -0.25) is 0 Å². The highest BCUT2D eigenvalue weighted by Gasteiger charge is 2.05. The van der Waals surface area contributed by atoms with Crippen LogP contribution in [0.15, 0.2) is 24.3 Å². The number of esters is 1. The van der Waals surface area contributed by atoms with Gasteiger partial charge in [0.2, 0.25) is 0 Å². The molecule has 14 heavy (non-hydrogen) atoms. The number of carbonyl (C=O) groups excluding carboxylic acids is 1. The molecule has 0 aromatic heterocycles. The van der Waals surface area contributed by atoms with Crippen LogP contribution in [0.2, 0.25) is 0 Å². The Morgan fingerprint density at radius 2 is 2.29 bits per heavy atom. The van der Waals surface area contributed by atoms with Crippen molar-refractivity contribution in [3.05, 3.63) is 35.4 Å². The van der Waals surface area contributed by atoms with Crippen molar-refractivity contribution in [3.8, 4) is 0 Å². The van der Waals surface area contributed by atoms with E-state index in [1.165, 1.54) is 0 Å². The quantitative estimate of drug-likeness (QED) is 0.471. The van der Waals surface area contributed by atoms with Gasteiger partial charge in [0.25, 0.3) is 0 Å². The van der Waals surface area contributed by atoms with Crippen LogP contribution < -0.4 is 0 Å². The summed E-state index contributed by atoms with van der Waals surface area (Å²) in [5, 5.41) is 0.855. The molecule has 0 amide bonds. The summed E-state index contributed by atoms with van der Waals surface area (Å²) < 4.78 is 5.05. The first kappa shape index (κ1) is 11.2. The fourth-order valence-electron chi connectivity index (χ4n) is 1.07. The van der Waals surface area contributed by atoms with E-state index in [0.29, 0.717) is 12.2 Å². The molecule has 0 unspecified atom stereocenters. The van der Waals surface area contributed by atoms with E-state index in [1.54, 1.807) is 6.07 Å². The summed E-state index contributed by atoms with van der Waals surface area (Å²) >= 11 is 3.28. The maximum Gasteiger partial charge on any atom is 0.338 e. The average molecular weight is 257 g/mol. The summed E-state index contributed by atoms with van der Waals surface area (Å²) in [6.07, 6.45) is 0.845. The first-order valence-corrected chi connectivity index (χ1v) is 5.66. The average Bonchev–Trinajstić information content (AvgIpc) is 2.18. The number of benzene rings is 1. The topological polar surface area (TPSA) is 26.3 Å². The molecule has 0 heterocycles. The number of ether oxygens (including phenoxy) is 1. The Morgan fingerprint density at radius 1 is 1.50 bits per heavy atom.